The first-order valence-corrected chi connectivity index (χ1v) is 7.38. The molecule has 0 atom stereocenters. The van der Waals surface area contributed by atoms with Gasteiger partial charge in [0.1, 0.15) is 5.84 Å². The predicted molar refractivity (Wildman–Crippen MR) is 77.5 cm³/mol. The number of hydrogen-bond acceptors (Lipinski definition) is 3. The van der Waals surface area contributed by atoms with Crippen LogP contribution in [-0.4, -0.2) is 10.8 Å². The fourth-order valence-electron chi connectivity index (χ4n) is 2.55. The number of rotatable bonds is 2. The molecule has 0 radical (unpaired) electrons. The van der Waals surface area contributed by atoms with Crippen molar-refractivity contribution in [1.29, 1.82) is 0 Å². The zero-order valence-electron chi connectivity index (χ0n) is 10.3. The maximum absolute atomic E-state index is 6.14. The van der Waals surface area contributed by atoms with Crippen LogP contribution in [0.5, 0.6) is 0 Å². The molecule has 3 nitrogen and oxygen atoms in total. The molecule has 1 aromatic heterocycles. The van der Waals surface area contributed by atoms with Crippen LogP contribution >= 0.6 is 11.3 Å². The van der Waals surface area contributed by atoms with E-state index in [1.165, 1.54) is 36.8 Å². The number of thiazole rings is 1. The molecule has 3 rings (SSSR count). The van der Waals surface area contributed by atoms with Gasteiger partial charge >= 0.3 is 0 Å². The van der Waals surface area contributed by atoms with Crippen molar-refractivity contribution in [3.63, 3.8) is 0 Å². The van der Waals surface area contributed by atoms with Gasteiger partial charge in [0.2, 0.25) is 0 Å². The van der Waals surface area contributed by atoms with Gasteiger partial charge in [-0.25, -0.2) is 9.98 Å². The van der Waals surface area contributed by atoms with Gasteiger partial charge in [0, 0.05) is 5.92 Å². The summed E-state index contributed by atoms with van der Waals surface area (Å²) in [5.41, 5.74) is 9.99. The van der Waals surface area contributed by atoms with Crippen LogP contribution in [-0.2, 0) is 0 Å². The molecule has 1 aromatic carbocycles. The molecule has 0 aliphatic heterocycles. The summed E-state index contributed by atoms with van der Waals surface area (Å²) in [5, 5.41) is 0. The number of nitrogens with zero attached hydrogens (tertiary/aromatic N) is 2. The molecule has 0 unspecified atom stereocenters. The zero-order valence-corrected chi connectivity index (χ0v) is 11.1. The molecule has 94 valence electrons. The highest BCUT2D eigenvalue weighted by Crippen LogP contribution is 2.27. The monoisotopic (exact) mass is 259 g/mol. The lowest BCUT2D eigenvalue weighted by Gasteiger charge is -2.20. The van der Waals surface area contributed by atoms with E-state index in [1.54, 1.807) is 11.3 Å². The van der Waals surface area contributed by atoms with Crippen LogP contribution in [0.1, 0.15) is 32.1 Å². The molecule has 2 N–H and O–H groups in total. The van der Waals surface area contributed by atoms with Gasteiger partial charge in [0.15, 0.2) is 0 Å². The highest BCUT2D eigenvalue weighted by Gasteiger charge is 2.16. The van der Waals surface area contributed by atoms with Crippen LogP contribution < -0.4 is 5.73 Å². The van der Waals surface area contributed by atoms with Crippen molar-refractivity contribution in [1.82, 2.24) is 4.98 Å². The van der Waals surface area contributed by atoms with E-state index in [-0.39, 0.29) is 0 Å². The van der Waals surface area contributed by atoms with Crippen LogP contribution in [0.4, 0.5) is 5.69 Å². The molecule has 0 spiro atoms. The van der Waals surface area contributed by atoms with Gasteiger partial charge in [-0.3, -0.25) is 0 Å². The van der Waals surface area contributed by atoms with Gasteiger partial charge in [-0.2, -0.15) is 0 Å². The van der Waals surface area contributed by atoms with Crippen molar-refractivity contribution >= 4 is 33.1 Å². The lowest BCUT2D eigenvalue weighted by molar-refractivity contribution is 0.437. The summed E-state index contributed by atoms with van der Waals surface area (Å²) in [6, 6.07) is 6.08. The number of nitrogens with two attached hydrogens (primary N) is 1. The van der Waals surface area contributed by atoms with E-state index in [0.717, 1.165) is 17.0 Å². The van der Waals surface area contributed by atoms with Crippen LogP contribution in [0.3, 0.4) is 0 Å². The Labute approximate surface area is 111 Å². The Morgan fingerprint density at radius 3 is 2.94 bits per heavy atom. The SMILES string of the molecule is NC(=Nc1ccc2ncsc2c1)C1CCCCC1. The Morgan fingerprint density at radius 1 is 1.28 bits per heavy atom. The number of aliphatic imine (C=N–C) groups is 1. The van der Waals surface area contributed by atoms with Crippen LogP contribution in [0.2, 0.25) is 0 Å². The molecule has 18 heavy (non-hydrogen) atoms. The average molecular weight is 259 g/mol. The molecule has 1 saturated carbocycles. The third-order valence-corrected chi connectivity index (χ3v) is 4.39. The molecule has 1 heterocycles. The summed E-state index contributed by atoms with van der Waals surface area (Å²) >= 11 is 1.64. The molecule has 1 fully saturated rings. The Balaban J connectivity index is 1.84. The maximum Gasteiger partial charge on any atom is 0.103 e. The third-order valence-electron chi connectivity index (χ3n) is 3.60. The van der Waals surface area contributed by atoms with Crippen molar-refractivity contribution in [3.05, 3.63) is 23.7 Å². The summed E-state index contributed by atoms with van der Waals surface area (Å²) in [4.78, 5) is 8.85. The van der Waals surface area contributed by atoms with Gasteiger partial charge in [0.05, 0.1) is 21.4 Å². The van der Waals surface area contributed by atoms with Crippen molar-refractivity contribution < 1.29 is 0 Å². The standard InChI is InChI=1S/C14H17N3S/c15-14(10-4-2-1-3-5-10)17-11-6-7-12-13(8-11)18-9-16-12/h6-10H,1-5H2,(H2,15,17). The summed E-state index contributed by atoms with van der Waals surface area (Å²) in [7, 11) is 0. The third kappa shape index (κ3) is 2.38. The Kier molecular flexibility index (Phi) is 3.28. The number of amidine groups is 1. The van der Waals surface area contributed by atoms with E-state index in [0.29, 0.717) is 5.92 Å². The molecule has 0 saturated heterocycles. The van der Waals surface area contributed by atoms with Gasteiger partial charge in [-0.05, 0) is 31.0 Å². The molecular formula is C14H17N3S. The van der Waals surface area contributed by atoms with Gasteiger partial charge in [0.25, 0.3) is 0 Å². The smallest absolute Gasteiger partial charge is 0.103 e. The van der Waals surface area contributed by atoms with E-state index in [2.05, 4.69) is 16.0 Å². The predicted octanol–water partition coefficient (Wildman–Crippen LogP) is 3.87. The fourth-order valence-corrected chi connectivity index (χ4v) is 3.26. The van der Waals surface area contributed by atoms with Crippen LogP contribution in [0, 0.1) is 5.92 Å². The first-order chi connectivity index (χ1) is 8.83. The molecule has 2 aromatic rings. The lowest BCUT2D eigenvalue weighted by atomic mass is 9.88. The van der Waals surface area contributed by atoms with Crippen molar-refractivity contribution in [2.24, 2.45) is 16.6 Å². The second-order valence-corrected chi connectivity index (χ2v) is 5.76. The lowest BCUT2D eigenvalue weighted by Crippen LogP contribution is -2.25. The molecule has 1 aliphatic carbocycles. The maximum atomic E-state index is 6.14. The molecule has 1 aliphatic rings. The Bertz CT molecular complexity index is 567. The van der Waals surface area contributed by atoms with Crippen molar-refractivity contribution in [3.8, 4) is 0 Å². The van der Waals surface area contributed by atoms with E-state index in [9.17, 15) is 0 Å². The van der Waals surface area contributed by atoms with E-state index >= 15 is 0 Å². The van der Waals surface area contributed by atoms with Crippen molar-refractivity contribution in [2.75, 3.05) is 0 Å². The summed E-state index contributed by atoms with van der Waals surface area (Å²) in [5.74, 6) is 1.29. The number of fused-ring (bicyclic) bond motifs is 1. The fraction of sp³-hybridized carbons (Fsp3) is 0.429. The zero-order chi connectivity index (χ0) is 12.4. The summed E-state index contributed by atoms with van der Waals surface area (Å²) < 4.78 is 1.17. The van der Waals surface area contributed by atoms with Crippen molar-refractivity contribution in [2.45, 2.75) is 32.1 Å². The minimum absolute atomic E-state index is 0.482. The van der Waals surface area contributed by atoms with Crippen LogP contribution in [0.15, 0.2) is 28.7 Å². The van der Waals surface area contributed by atoms with Gasteiger partial charge in [-0.15, -0.1) is 11.3 Å². The van der Waals surface area contributed by atoms with E-state index in [4.69, 9.17) is 5.73 Å². The van der Waals surface area contributed by atoms with E-state index < -0.39 is 0 Å². The number of aromatic nitrogens is 1. The summed E-state index contributed by atoms with van der Waals surface area (Å²) in [6.07, 6.45) is 6.30. The van der Waals surface area contributed by atoms with E-state index in [1.807, 2.05) is 17.6 Å². The normalized spacial score (nSPS) is 18.3. The van der Waals surface area contributed by atoms with Crippen LogP contribution in [0.25, 0.3) is 10.2 Å². The molecule has 4 heteroatoms. The average Bonchev–Trinajstić information content (AvgIpc) is 2.87. The van der Waals surface area contributed by atoms with Gasteiger partial charge < -0.3 is 5.73 Å². The minimum Gasteiger partial charge on any atom is -0.387 e. The number of hydrogen-bond donors (Lipinski definition) is 1. The Hall–Kier alpha value is -1.42. The quantitative estimate of drug-likeness (QED) is 0.657. The highest BCUT2D eigenvalue weighted by atomic mass is 32.1. The number of benzene rings is 1. The minimum atomic E-state index is 0.482. The second kappa shape index (κ2) is 5.06. The first-order valence-electron chi connectivity index (χ1n) is 6.50. The Morgan fingerprint density at radius 2 is 2.11 bits per heavy atom. The first kappa shape index (κ1) is 11.7. The van der Waals surface area contributed by atoms with Gasteiger partial charge in [-0.1, -0.05) is 19.3 Å². The molecule has 0 bridgehead atoms. The summed E-state index contributed by atoms with van der Waals surface area (Å²) in [6.45, 7) is 0. The highest BCUT2D eigenvalue weighted by molar-refractivity contribution is 7.16. The topological polar surface area (TPSA) is 51.3 Å². The largest absolute Gasteiger partial charge is 0.387 e. The molecular weight excluding hydrogens is 242 g/mol. The second-order valence-electron chi connectivity index (χ2n) is 4.88. The molecule has 0 amide bonds.